The minimum absolute atomic E-state index is 0.0161. The second-order valence-electron chi connectivity index (χ2n) is 4.93. The van der Waals surface area contributed by atoms with E-state index in [-0.39, 0.29) is 24.4 Å². The fourth-order valence-corrected chi connectivity index (χ4v) is 1.85. The van der Waals surface area contributed by atoms with Crippen molar-refractivity contribution in [1.29, 1.82) is 0 Å². The summed E-state index contributed by atoms with van der Waals surface area (Å²) in [6, 6.07) is 4.74. The number of benzene rings is 1. The lowest BCUT2D eigenvalue weighted by Gasteiger charge is -2.21. The Balaban J connectivity index is 2.83. The van der Waals surface area contributed by atoms with Crippen LogP contribution in [-0.2, 0) is 4.79 Å². The summed E-state index contributed by atoms with van der Waals surface area (Å²) in [5.41, 5.74) is 12.6. The van der Waals surface area contributed by atoms with Crippen LogP contribution in [-0.4, -0.2) is 35.8 Å². The Morgan fingerprint density at radius 1 is 1.20 bits per heavy atom. The topological polar surface area (TPSA) is 101 Å². The normalized spacial score (nSPS) is 10.4. The lowest BCUT2D eigenvalue weighted by atomic mass is 10.1. The van der Waals surface area contributed by atoms with Crippen LogP contribution < -0.4 is 16.8 Å². The zero-order valence-electron chi connectivity index (χ0n) is 12.1. The molecular weight excluding hydrogens is 256 g/mol. The van der Waals surface area contributed by atoms with Gasteiger partial charge >= 0.3 is 0 Å². The summed E-state index contributed by atoms with van der Waals surface area (Å²) in [4.78, 5) is 25.5. The predicted molar refractivity (Wildman–Crippen MR) is 80.1 cm³/mol. The summed E-state index contributed by atoms with van der Waals surface area (Å²) < 4.78 is 0. The number of nitrogens with one attached hydrogen (secondary N) is 1. The smallest absolute Gasteiger partial charge is 0.254 e. The van der Waals surface area contributed by atoms with Gasteiger partial charge in [0.25, 0.3) is 5.91 Å². The third-order valence-electron chi connectivity index (χ3n) is 2.68. The van der Waals surface area contributed by atoms with Gasteiger partial charge in [-0.25, -0.2) is 0 Å². The Morgan fingerprint density at radius 3 is 2.20 bits per heavy atom. The number of anilines is 2. The van der Waals surface area contributed by atoms with Crippen LogP contribution in [0.5, 0.6) is 0 Å². The number of nitrogen functional groups attached to an aromatic ring is 2. The van der Waals surface area contributed by atoms with Gasteiger partial charge in [0, 0.05) is 29.5 Å². The van der Waals surface area contributed by atoms with Gasteiger partial charge in [-0.2, -0.15) is 0 Å². The van der Waals surface area contributed by atoms with E-state index in [1.165, 1.54) is 4.90 Å². The van der Waals surface area contributed by atoms with Crippen LogP contribution in [0.3, 0.4) is 0 Å². The Labute approximate surface area is 119 Å². The molecule has 0 unspecified atom stereocenters. The summed E-state index contributed by atoms with van der Waals surface area (Å²) in [5, 5.41) is 2.75. The van der Waals surface area contributed by atoms with E-state index >= 15 is 0 Å². The molecule has 1 aromatic rings. The van der Waals surface area contributed by atoms with Crippen molar-refractivity contribution >= 4 is 23.2 Å². The number of hydrogen-bond donors (Lipinski definition) is 3. The first kappa shape index (κ1) is 15.8. The van der Waals surface area contributed by atoms with Gasteiger partial charge in [0.1, 0.15) is 0 Å². The van der Waals surface area contributed by atoms with Crippen LogP contribution in [0, 0.1) is 0 Å². The summed E-state index contributed by atoms with van der Waals surface area (Å²) in [6.07, 6.45) is 0. The van der Waals surface area contributed by atoms with Gasteiger partial charge in [-0.3, -0.25) is 9.59 Å². The molecule has 0 radical (unpaired) electrons. The first-order valence-electron chi connectivity index (χ1n) is 6.58. The van der Waals surface area contributed by atoms with Crippen LogP contribution in [0.4, 0.5) is 11.4 Å². The number of hydrogen-bond acceptors (Lipinski definition) is 4. The van der Waals surface area contributed by atoms with Crippen molar-refractivity contribution < 1.29 is 9.59 Å². The van der Waals surface area contributed by atoms with E-state index in [1.54, 1.807) is 18.2 Å². The molecule has 2 amide bonds. The highest BCUT2D eigenvalue weighted by molar-refractivity contribution is 5.98. The van der Waals surface area contributed by atoms with Gasteiger partial charge in [0.05, 0.1) is 6.54 Å². The first-order valence-corrected chi connectivity index (χ1v) is 6.58. The molecule has 110 valence electrons. The number of nitrogens with two attached hydrogens (primary N) is 2. The maximum atomic E-state index is 12.3. The molecule has 0 spiro atoms. The van der Waals surface area contributed by atoms with Crippen LogP contribution in [0.15, 0.2) is 18.2 Å². The van der Waals surface area contributed by atoms with Gasteiger partial charge in [-0.05, 0) is 39.0 Å². The maximum Gasteiger partial charge on any atom is 0.254 e. The summed E-state index contributed by atoms with van der Waals surface area (Å²) in [7, 11) is 0. The van der Waals surface area contributed by atoms with Crippen molar-refractivity contribution in [2.45, 2.75) is 26.8 Å². The molecule has 20 heavy (non-hydrogen) atoms. The van der Waals surface area contributed by atoms with Crippen LogP contribution in [0.2, 0.25) is 0 Å². The molecule has 0 saturated heterocycles. The number of likely N-dealkylation sites (N-methyl/N-ethyl adjacent to an activating group) is 1. The van der Waals surface area contributed by atoms with Crippen LogP contribution >= 0.6 is 0 Å². The molecule has 0 atom stereocenters. The number of carbonyl (C=O) groups is 2. The number of nitrogens with zero attached hydrogens (tertiary/aromatic N) is 1. The molecule has 1 rings (SSSR count). The lowest BCUT2D eigenvalue weighted by molar-refractivity contribution is -0.122. The van der Waals surface area contributed by atoms with E-state index in [0.29, 0.717) is 23.5 Å². The third kappa shape index (κ3) is 4.46. The Hall–Kier alpha value is -2.24. The summed E-state index contributed by atoms with van der Waals surface area (Å²) in [6.45, 7) is 6.00. The third-order valence-corrected chi connectivity index (χ3v) is 2.68. The van der Waals surface area contributed by atoms with Gasteiger partial charge in [-0.15, -0.1) is 0 Å². The molecule has 0 aliphatic carbocycles. The van der Waals surface area contributed by atoms with Crippen molar-refractivity contribution in [2.75, 3.05) is 24.6 Å². The Kier molecular flexibility index (Phi) is 5.37. The molecule has 1 aromatic carbocycles. The molecular formula is C14H22N4O2. The summed E-state index contributed by atoms with van der Waals surface area (Å²) in [5.74, 6) is -0.447. The number of amides is 2. The minimum atomic E-state index is -0.259. The Bertz CT molecular complexity index is 480. The highest BCUT2D eigenvalue weighted by atomic mass is 16.2. The fraction of sp³-hybridized carbons (Fsp3) is 0.429. The maximum absolute atomic E-state index is 12.3. The average Bonchev–Trinajstić information content (AvgIpc) is 2.33. The van der Waals surface area contributed by atoms with E-state index in [9.17, 15) is 9.59 Å². The van der Waals surface area contributed by atoms with E-state index in [4.69, 9.17) is 11.5 Å². The number of rotatable bonds is 5. The van der Waals surface area contributed by atoms with Crippen molar-refractivity contribution in [3.63, 3.8) is 0 Å². The molecule has 0 fully saturated rings. The van der Waals surface area contributed by atoms with Gasteiger partial charge in [0.2, 0.25) is 5.91 Å². The summed E-state index contributed by atoms with van der Waals surface area (Å²) >= 11 is 0. The molecule has 0 aromatic heterocycles. The predicted octanol–water partition coefficient (Wildman–Crippen LogP) is 0.838. The highest BCUT2D eigenvalue weighted by Gasteiger charge is 2.18. The van der Waals surface area contributed by atoms with Crippen LogP contribution in [0.1, 0.15) is 31.1 Å². The molecule has 0 bridgehead atoms. The molecule has 6 heteroatoms. The lowest BCUT2D eigenvalue weighted by Crippen LogP contribution is -2.42. The highest BCUT2D eigenvalue weighted by Crippen LogP contribution is 2.15. The van der Waals surface area contributed by atoms with Crippen molar-refractivity contribution in [2.24, 2.45) is 0 Å². The fourth-order valence-electron chi connectivity index (χ4n) is 1.85. The van der Waals surface area contributed by atoms with Gasteiger partial charge in [0.15, 0.2) is 0 Å². The second kappa shape index (κ2) is 6.79. The molecule has 6 nitrogen and oxygen atoms in total. The first-order chi connectivity index (χ1) is 9.33. The molecule has 0 aliphatic heterocycles. The van der Waals surface area contributed by atoms with Crippen molar-refractivity contribution in [1.82, 2.24) is 10.2 Å². The second-order valence-corrected chi connectivity index (χ2v) is 4.93. The Morgan fingerprint density at radius 2 is 1.75 bits per heavy atom. The van der Waals surface area contributed by atoms with Crippen molar-refractivity contribution in [3.05, 3.63) is 23.8 Å². The molecule has 5 N–H and O–H groups in total. The standard InChI is InChI=1S/C14H22N4O2/c1-4-18(8-13(19)17-9(2)3)14(20)10-5-11(15)7-12(16)6-10/h5-7,9H,4,8,15-16H2,1-3H3,(H,17,19). The van der Waals surface area contributed by atoms with E-state index in [2.05, 4.69) is 5.32 Å². The van der Waals surface area contributed by atoms with Gasteiger partial charge in [-0.1, -0.05) is 0 Å². The zero-order chi connectivity index (χ0) is 15.3. The minimum Gasteiger partial charge on any atom is -0.399 e. The van der Waals surface area contributed by atoms with Crippen LogP contribution in [0.25, 0.3) is 0 Å². The van der Waals surface area contributed by atoms with Gasteiger partial charge < -0.3 is 21.7 Å². The quantitative estimate of drug-likeness (QED) is 0.694. The number of carbonyl (C=O) groups excluding carboxylic acids is 2. The SMILES string of the molecule is CCN(CC(=O)NC(C)C)C(=O)c1cc(N)cc(N)c1. The monoisotopic (exact) mass is 278 g/mol. The zero-order valence-corrected chi connectivity index (χ0v) is 12.1. The molecule has 0 saturated carbocycles. The van der Waals surface area contributed by atoms with E-state index < -0.39 is 0 Å². The average molecular weight is 278 g/mol. The largest absolute Gasteiger partial charge is 0.399 e. The molecule has 0 heterocycles. The van der Waals surface area contributed by atoms with E-state index in [1.807, 2.05) is 20.8 Å². The molecule has 0 aliphatic rings. The van der Waals surface area contributed by atoms with E-state index in [0.717, 1.165) is 0 Å². The van der Waals surface area contributed by atoms with Crippen molar-refractivity contribution in [3.8, 4) is 0 Å².